The molecule has 0 atom stereocenters. The molecule has 0 radical (unpaired) electrons. The van der Waals surface area contributed by atoms with E-state index in [4.69, 9.17) is 0 Å². The Morgan fingerprint density at radius 1 is 1.09 bits per heavy atom. The van der Waals surface area contributed by atoms with Crippen molar-refractivity contribution in [2.24, 2.45) is 0 Å². The maximum atomic E-state index is 2.56. The summed E-state index contributed by atoms with van der Waals surface area (Å²) < 4.78 is 0.660. The molecule has 11 heavy (non-hydrogen) atoms. The van der Waals surface area contributed by atoms with Crippen LogP contribution in [0, 0.1) is 0 Å². The van der Waals surface area contributed by atoms with Crippen LogP contribution in [0.5, 0.6) is 0 Å². The molecule has 66 valence electrons. The summed E-state index contributed by atoms with van der Waals surface area (Å²) in [5, 5.41) is 0. The average Bonchev–Trinajstić information content (AvgIpc) is 1.87. The van der Waals surface area contributed by atoms with Gasteiger partial charge in [0.25, 0.3) is 0 Å². The SMILES string of the molecule is C[C]1([Sn]([CH3])([CH3])[CH3])SCCCS1. The van der Waals surface area contributed by atoms with Gasteiger partial charge in [-0.15, -0.1) is 0 Å². The van der Waals surface area contributed by atoms with Crippen molar-refractivity contribution in [3.8, 4) is 0 Å². The molecule has 0 aromatic carbocycles. The van der Waals surface area contributed by atoms with E-state index in [-0.39, 0.29) is 0 Å². The van der Waals surface area contributed by atoms with Crippen molar-refractivity contribution in [3.63, 3.8) is 0 Å². The fourth-order valence-electron chi connectivity index (χ4n) is 1.07. The summed E-state index contributed by atoms with van der Waals surface area (Å²) in [6, 6.07) is 0. The first-order valence-electron chi connectivity index (χ1n) is 4.24. The molecule has 0 unspecified atom stereocenters. The summed E-state index contributed by atoms with van der Waals surface area (Å²) in [6.07, 6.45) is 1.42. The van der Waals surface area contributed by atoms with Crippen molar-refractivity contribution in [2.45, 2.75) is 30.3 Å². The molecule has 0 bridgehead atoms. The molecular formula is C8H18S2Sn. The van der Waals surface area contributed by atoms with Gasteiger partial charge >= 0.3 is 83.7 Å². The predicted octanol–water partition coefficient (Wildman–Crippen LogP) is 3.45. The van der Waals surface area contributed by atoms with E-state index in [0.29, 0.717) is 2.09 Å². The number of hydrogen-bond donors (Lipinski definition) is 0. The molecule has 3 heteroatoms. The monoisotopic (exact) mass is 298 g/mol. The zero-order chi connectivity index (χ0) is 8.54. The molecule has 0 spiro atoms. The van der Waals surface area contributed by atoms with Crippen LogP contribution < -0.4 is 0 Å². The molecule has 1 aliphatic heterocycles. The van der Waals surface area contributed by atoms with Gasteiger partial charge in [0.05, 0.1) is 0 Å². The molecule has 0 saturated carbocycles. The van der Waals surface area contributed by atoms with Gasteiger partial charge in [-0.25, -0.2) is 0 Å². The quantitative estimate of drug-likeness (QED) is 0.680. The van der Waals surface area contributed by atoms with Crippen molar-refractivity contribution in [3.05, 3.63) is 0 Å². The minimum absolute atomic E-state index is 0.660. The Kier molecular flexibility index (Phi) is 3.56. The van der Waals surface area contributed by atoms with Gasteiger partial charge in [-0.2, -0.15) is 0 Å². The Balaban J connectivity index is 2.64. The fourth-order valence-corrected chi connectivity index (χ4v) is 13.5. The Hall–Kier alpha value is 1.50. The summed E-state index contributed by atoms with van der Waals surface area (Å²) in [5.74, 6) is 2.80. The molecule has 1 heterocycles. The van der Waals surface area contributed by atoms with Gasteiger partial charge in [-0.3, -0.25) is 0 Å². The molecule has 1 rings (SSSR count). The summed E-state index contributed by atoms with van der Waals surface area (Å²) in [5.41, 5.74) is 0. The molecule has 1 fully saturated rings. The van der Waals surface area contributed by atoms with Crippen LogP contribution in [0.15, 0.2) is 0 Å². The average molecular weight is 297 g/mol. The van der Waals surface area contributed by atoms with Crippen LogP contribution in [0.25, 0.3) is 0 Å². The second kappa shape index (κ2) is 3.70. The van der Waals surface area contributed by atoms with E-state index in [1.165, 1.54) is 17.9 Å². The first-order valence-corrected chi connectivity index (χ1v) is 16.2. The molecule has 0 nitrogen and oxygen atoms in total. The molecule has 1 aliphatic rings. The summed E-state index contributed by atoms with van der Waals surface area (Å²) >= 11 is 2.79. The van der Waals surface area contributed by atoms with E-state index in [1.807, 2.05) is 0 Å². The van der Waals surface area contributed by atoms with E-state index >= 15 is 0 Å². The summed E-state index contributed by atoms with van der Waals surface area (Å²) in [7, 11) is 0. The van der Waals surface area contributed by atoms with Crippen LogP contribution in [0.3, 0.4) is 0 Å². The van der Waals surface area contributed by atoms with E-state index in [0.717, 1.165) is 0 Å². The van der Waals surface area contributed by atoms with Gasteiger partial charge in [0.15, 0.2) is 0 Å². The Morgan fingerprint density at radius 3 is 1.82 bits per heavy atom. The van der Waals surface area contributed by atoms with E-state index in [2.05, 4.69) is 45.3 Å². The van der Waals surface area contributed by atoms with Gasteiger partial charge < -0.3 is 0 Å². The number of rotatable bonds is 1. The second-order valence-corrected chi connectivity index (χ2v) is 25.3. The third-order valence-corrected chi connectivity index (χ3v) is 23.7. The first kappa shape index (κ1) is 10.6. The first-order chi connectivity index (χ1) is 4.96. The zero-order valence-corrected chi connectivity index (χ0v) is 12.4. The van der Waals surface area contributed by atoms with Crippen LogP contribution in [-0.4, -0.2) is 32.0 Å². The number of thioether (sulfide) groups is 2. The Morgan fingerprint density at radius 2 is 1.55 bits per heavy atom. The molecule has 0 N–H and O–H groups in total. The Bertz CT molecular complexity index is 134. The predicted molar refractivity (Wildman–Crippen MR) is 61.3 cm³/mol. The minimum atomic E-state index is -1.67. The van der Waals surface area contributed by atoms with Crippen molar-refractivity contribution in [1.29, 1.82) is 0 Å². The van der Waals surface area contributed by atoms with Crippen molar-refractivity contribution < 1.29 is 0 Å². The summed E-state index contributed by atoms with van der Waals surface area (Å²) in [4.78, 5) is 7.67. The van der Waals surface area contributed by atoms with Crippen LogP contribution >= 0.6 is 23.5 Å². The van der Waals surface area contributed by atoms with E-state index in [9.17, 15) is 0 Å². The topological polar surface area (TPSA) is 0 Å². The fraction of sp³-hybridized carbons (Fsp3) is 1.00. The number of hydrogen-bond acceptors (Lipinski definition) is 2. The van der Waals surface area contributed by atoms with Crippen LogP contribution in [-0.2, 0) is 0 Å². The molecular weight excluding hydrogens is 279 g/mol. The van der Waals surface area contributed by atoms with Crippen molar-refractivity contribution in [2.75, 3.05) is 11.5 Å². The van der Waals surface area contributed by atoms with Gasteiger partial charge in [-0.1, -0.05) is 0 Å². The third-order valence-electron chi connectivity index (χ3n) is 2.41. The normalized spacial score (nSPS) is 25.1. The standard InChI is InChI=1S/C5H9S2.3CH3.Sn/c1-5-6-3-2-4-7-5;;;;/h2-4H2,1H3;3*1H3;. The van der Waals surface area contributed by atoms with Crippen molar-refractivity contribution in [1.82, 2.24) is 0 Å². The van der Waals surface area contributed by atoms with Gasteiger partial charge in [-0.05, 0) is 0 Å². The molecule has 0 aromatic heterocycles. The maximum absolute atomic E-state index is 2.56. The second-order valence-electron chi connectivity index (χ2n) is 4.25. The van der Waals surface area contributed by atoms with Gasteiger partial charge in [0.2, 0.25) is 0 Å². The molecule has 0 aromatic rings. The van der Waals surface area contributed by atoms with Crippen molar-refractivity contribution >= 4 is 41.9 Å². The summed E-state index contributed by atoms with van der Waals surface area (Å²) in [6.45, 7) is 2.48. The Labute approximate surface area is 83.2 Å². The third kappa shape index (κ3) is 2.47. The van der Waals surface area contributed by atoms with Crippen LogP contribution in [0.1, 0.15) is 13.3 Å². The molecule has 0 aliphatic carbocycles. The molecule has 0 amide bonds. The molecule has 1 saturated heterocycles. The van der Waals surface area contributed by atoms with Gasteiger partial charge in [0, 0.05) is 0 Å². The van der Waals surface area contributed by atoms with Crippen LogP contribution in [0.2, 0.25) is 14.8 Å². The van der Waals surface area contributed by atoms with E-state index < -0.39 is 18.4 Å². The van der Waals surface area contributed by atoms with Crippen LogP contribution in [0.4, 0.5) is 0 Å². The van der Waals surface area contributed by atoms with E-state index in [1.54, 1.807) is 0 Å². The van der Waals surface area contributed by atoms with Gasteiger partial charge in [0.1, 0.15) is 0 Å². The zero-order valence-electron chi connectivity index (χ0n) is 7.94.